The summed E-state index contributed by atoms with van der Waals surface area (Å²) in [6.07, 6.45) is 1.47. The lowest BCUT2D eigenvalue weighted by Crippen LogP contribution is -2.05. The molecule has 0 saturated heterocycles. The Balaban J connectivity index is 2.47. The predicted molar refractivity (Wildman–Crippen MR) is 65.6 cm³/mol. The van der Waals surface area contributed by atoms with Gasteiger partial charge in [-0.1, -0.05) is 12.1 Å². The van der Waals surface area contributed by atoms with E-state index in [1.165, 1.54) is 6.33 Å². The fraction of sp³-hybridized carbons (Fsp3) is 0.154. The largest absolute Gasteiger partial charge is 0.324 e. The first-order valence-electron chi connectivity index (χ1n) is 5.41. The number of hydrogen-bond acceptors (Lipinski definition) is 4. The van der Waals surface area contributed by atoms with E-state index in [1.54, 1.807) is 4.57 Å². The van der Waals surface area contributed by atoms with Crippen LogP contribution < -0.4 is 5.73 Å². The fourth-order valence-electron chi connectivity index (χ4n) is 1.67. The summed E-state index contributed by atoms with van der Waals surface area (Å²) in [4.78, 5) is 3.89. The monoisotopic (exact) mass is 237 g/mol. The number of nitriles is 2. The van der Waals surface area contributed by atoms with Crippen LogP contribution in [0.3, 0.4) is 0 Å². The molecule has 5 heteroatoms. The predicted octanol–water partition coefficient (Wildman–Crippen LogP) is 1.64. The first-order valence-corrected chi connectivity index (χ1v) is 5.41. The van der Waals surface area contributed by atoms with Gasteiger partial charge in [0, 0.05) is 11.7 Å². The quantitative estimate of drug-likeness (QED) is 0.859. The summed E-state index contributed by atoms with van der Waals surface area (Å²) in [6.45, 7) is 1.90. The number of rotatable bonds is 2. The molecule has 0 fully saturated rings. The van der Waals surface area contributed by atoms with E-state index in [2.05, 4.69) is 4.98 Å². The van der Waals surface area contributed by atoms with Crippen molar-refractivity contribution in [1.82, 2.24) is 9.55 Å². The maximum absolute atomic E-state index is 9.04. The van der Waals surface area contributed by atoms with Crippen LogP contribution in [0.5, 0.6) is 0 Å². The number of benzene rings is 1. The van der Waals surface area contributed by atoms with Gasteiger partial charge in [-0.3, -0.25) is 4.57 Å². The molecular weight excluding hydrogens is 226 g/mol. The molecule has 5 nitrogen and oxygen atoms in total. The maximum Gasteiger partial charge on any atom is 0.177 e. The lowest BCUT2D eigenvalue weighted by Gasteiger charge is -2.08. The fourth-order valence-corrected chi connectivity index (χ4v) is 1.67. The topological polar surface area (TPSA) is 91.4 Å². The second kappa shape index (κ2) is 4.70. The van der Waals surface area contributed by atoms with Crippen molar-refractivity contribution in [3.8, 4) is 17.8 Å². The van der Waals surface area contributed by atoms with E-state index in [0.717, 1.165) is 11.3 Å². The van der Waals surface area contributed by atoms with E-state index in [9.17, 15) is 0 Å². The van der Waals surface area contributed by atoms with Crippen molar-refractivity contribution in [1.29, 1.82) is 10.5 Å². The van der Waals surface area contributed by atoms with Crippen molar-refractivity contribution in [2.75, 3.05) is 0 Å². The zero-order chi connectivity index (χ0) is 13.1. The van der Waals surface area contributed by atoms with Crippen molar-refractivity contribution in [2.45, 2.75) is 13.0 Å². The molecule has 2 aromatic rings. The molecule has 18 heavy (non-hydrogen) atoms. The molecule has 0 saturated carbocycles. The van der Waals surface area contributed by atoms with E-state index >= 15 is 0 Å². The number of nitrogens with zero attached hydrogens (tertiary/aromatic N) is 4. The Labute approximate surface area is 105 Å². The molecule has 0 aliphatic carbocycles. The zero-order valence-electron chi connectivity index (χ0n) is 9.83. The third-order valence-corrected chi connectivity index (χ3v) is 2.68. The van der Waals surface area contributed by atoms with E-state index < -0.39 is 0 Å². The standard InChI is InChI=1S/C13H11N5/c1-9(16)10-2-4-11(5-3-10)18-8-17-12(6-14)13(18)7-15/h2-5,8-9H,16H2,1H3/t9-/m0/s1. The van der Waals surface area contributed by atoms with Gasteiger partial charge in [0.25, 0.3) is 0 Å². The molecule has 1 aromatic heterocycles. The van der Waals surface area contributed by atoms with Gasteiger partial charge >= 0.3 is 0 Å². The minimum absolute atomic E-state index is 0.0352. The highest BCUT2D eigenvalue weighted by Gasteiger charge is 2.11. The molecule has 1 aromatic carbocycles. The maximum atomic E-state index is 9.04. The summed E-state index contributed by atoms with van der Waals surface area (Å²) in [5, 5.41) is 17.9. The molecule has 2 N–H and O–H groups in total. The second-order valence-corrected chi connectivity index (χ2v) is 3.92. The van der Waals surface area contributed by atoms with Crippen LogP contribution in [0.25, 0.3) is 5.69 Å². The third kappa shape index (κ3) is 1.95. The molecule has 1 atom stereocenters. The molecular formula is C13H11N5. The van der Waals surface area contributed by atoms with E-state index in [0.29, 0.717) is 0 Å². The highest BCUT2D eigenvalue weighted by atomic mass is 15.1. The van der Waals surface area contributed by atoms with Crippen molar-refractivity contribution >= 4 is 0 Å². The Kier molecular flexibility index (Phi) is 3.09. The smallest absolute Gasteiger partial charge is 0.177 e. The van der Waals surface area contributed by atoms with Crippen molar-refractivity contribution in [3.05, 3.63) is 47.5 Å². The number of nitrogens with two attached hydrogens (primary N) is 1. The number of imidazole rings is 1. The number of aromatic nitrogens is 2. The summed E-state index contributed by atoms with van der Waals surface area (Å²) in [7, 11) is 0. The molecule has 0 aliphatic rings. The van der Waals surface area contributed by atoms with Crippen LogP contribution in [0.2, 0.25) is 0 Å². The van der Waals surface area contributed by atoms with Crippen LogP contribution in [0.1, 0.15) is 29.9 Å². The minimum Gasteiger partial charge on any atom is -0.324 e. The van der Waals surface area contributed by atoms with Crippen molar-refractivity contribution < 1.29 is 0 Å². The second-order valence-electron chi connectivity index (χ2n) is 3.92. The van der Waals surface area contributed by atoms with Gasteiger partial charge in [0.15, 0.2) is 11.4 Å². The van der Waals surface area contributed by atoms with Gasteiger partial charge in [-0.25, -0.2) is 4.98 Å². The summed E-state index contributed by atoms with van der Waals surface area (Å²) >= 11 is 0. The molecule has 1 heterocycles. The van der Waals surface area contributed by atoms with Gasteiger partial charge in [0.05, 0.1) is 0 Å². The van der Waals surface area contributed by atoms with Crippen molar-refractivity contribution in [3.63, 3.8) is 0 Å². The van der Waals surface area contributed by atoms with Crippen LogP contribution >= 0.6 is 0 Å². The van der Waals surface area contributed by atoms with Gasteiger partial charge in [-0.15, -0.1) is 0 Å². The lowest BCUT2D eigenvalue weighted by atomic mass is 10.1. The van der Waals surface area contributed by atoms with Gasteiger partial charge in [-0.2, -0.15) is 10.5 Å². The summed E-state index contributed by atoms with van der Waals surface area (Å²) in [6, 6.07) is 11.3. The molecule has 2 rings (SSSR count). The number of hydrogen-bond donors (Lipinski definition) is 1. The van der Waals surface area contributed by atoms with Crippen molar-refractivity contribution in [2.24, 2.45) is 5.73 Å². The molecule has 0 amide bonds. The molecule has 0 aliphatic heterocycles. The highest BCUT2D eigenvalue weighted by Crippen LogP contribution is 2.17. The van der Waals surface area contributed by atoms with Crippen LogP contribution in [-0.2, 0) is 0 Å². The van der Waals surface area contributed by atoms with Gasteiger partial charge in [-0.05, 0) is 24.6 Å². The lowest BCUT2D eigenvalue weighted by molar-refractivity contribution is 0.817. The third-order valence-electron chi connectivity index (χ3n) is 2.68. The first-order chi connectivity index (χ1) is 8.67. The Bertz CT molecular complexity index is 638. The van der Waals surface area contributed by atoms with E-state index in [-0.39, 0.29) is 17.4 Å². The van der Waals surface area contributed by atoms with E-state index in [1.807, 2.05) is 43.3 Å². The molecule has 88 valence electrons. The van der Waals surface area contributed by atoms with Crippen LogP contribution in [-0.4, -0.2) is 9.55 Å². The Morgan fingerprint density at radius 3 is 2.39 bits per heavy atom. The summed E-state index contributed by atoms with van der Waals surface area (Å²) in [5.41, 5.74) is 7.94. The zero-order valence-corrected chi connectivity index (χ0v) is 9.83. The Morgan fingerprint density at radius 1 is 1.22 bits per heavy atom. The first kappa shape index (κ1) is 11.8. The van der Waals surface area contributed by atoms with Gasteiger partial charge in [0.1, 0.15) is 18.5 Å². The molecule has 0 unspecified atom stereocenters. The molecule has 0 spiro atoms. The summed E-state index contributed by atoms with van der Waals surface area (Å²) in [5.74, 6) is 0. The molecule has 0 bridgehead atoms. The van der Waals surface area contributed by atoms with Gasteiger partial charge in [0.2, 0.25) is 0 Å². The summed E-state index contributed by atoms with van der Waals surface area (Å²) < 4.78 is 1.59. The SMILES string of the molecule is C[C@H](N)c1ccc(-n2cnc(C#N)c2C#N)cc1. The minimum atomic E-state index is -0.0352. The average Bonchev–Trinajstić information content (AvgIpc) is 2.81. The van der Waals surface area contributed by atoms with Gasteiger partial charge < -0.3 is 5.73 Å². The van der Waals surface area contributed by atoms with E-state index in [4.69, 9.17) is 16.3 Å². The van der Waals surface area contributed by atoms with Crippen LogP contribution in [0, 0.1) is 22.7 Å². The highest BCUT2D eigenvalue weighted by molar-refractivity contribution is 5.45. The average molecular weight is 237 g/mol. The Morgan fingerprint density at radius 2 is 1.89 bits per heavy atom. The normalized spacial score (nSPS) is 11.6. The Hall–Kier alpha value is -2.63. The van der Waals surface area contributed by atoms with Crippen LogP contribution in [0.4, 0.5) is 0 Å². The molecule has 0 radical (unpaired) electrons. The van der Waals surface area contributed by atoms with Crippen LogP contribution in [0.15, 0.2) is 30.6 Å².